The number of rotatable bonds is 11. The van der Waals surface area contributed by atoms with E-state index in [1.165, 1.54) is 30.3 Å². The molecule has 4 aromatic rings. The van der Waals surface area contributed by atoms with Crippen molar-refractivity contribution in [1.29, 1.82) is 0 Å². The maximum absolute atomic E-state index is 14.5. The highest BCUT2D eigenvalue weighted by Crippen LogP contribution is 2.38. The van der Waals surface area contributed by atoms with E-state index < -0.39 is 50.6 Å². The first kappa shape index (κ1) is 32.9. The van der Waals surface area contributed by atoms with Gasteiger partial charge in [-0.2, -0.15) is 17.5 Å². The molecule has 0 bridgehead atoms. The number of halogens is 4. The van der Waals surface area contributed by atoms with Gasteiger partial charge in [0, 0.05) is 41.3 Å². The molecule has 0 saturated carbocycles. The van der Waals surface area contributed by atoms with Gasteiger partial charge >= 0.3 is 12.1 Å². The number of nitro groups is 1. The van der Waals surface area contributed by atoms with E-state index >= 15 is 0 Å². The number of benzene rings is 3. The molecular weight excluding hydrogens is 634 g/mol. The normalized spacial score (nSPS) is 15.9. The number of aromatic nitrogens is 1. The van der Waals surface area contributed by atoms with Crippen molar-refractivity contribution in [3.63, 3.8) is 0 Å². The first-order chi connectivity index (χ1) is 21.7. The van der Waals surface area contributed by atoms with E-state index in [-0.39, 0.29) is 55.2 Å². The number of carboxylic acid groups (broad SMARTS) is 1. The molecule has 5 rings (SSSR count). The minimum atomic E-state index is -4.61. The summed E-state index contributed by atoms with van der Waals surface area (Å²) in [6.45, 7) is 1.09. The maximum Gasteiger partial charge on any atom is 0.416 e. The molecule has 1 aliphatic rings. The lowest BCUT2D eigenvalue weighted by Crippen LogP contribution is -2.45. The fraction of sp³-hybridized carbons (Fsp3) is 0.323. The summed E-state index contributed by atoms with van der Waals surface area (Å²) in [5.41, 5.74) is 0.487. The fourth-order valence-corrected chi connectivity index (χ4v) is 7.64. The molecule has 10 nitrogen and oxygen atoms in total. The van der Waals surface area contributed by atoms with Crippen molar-refractivity contribution in [1.82, 2.24) is 8.87 Å². The lowest BCUT2D eigenvalue weighted by molar-refractivity contribution is -0.384. The Morgan fingerprint density at radius 3 is 2.50 bits per heavy atom. The van der Waals surface area contributed by atoms with Crippen LogP contribution < -0.4 is 4.74 Å². The number of aliphatic carboxylic acids is 1. The van der Waals surface area contributed by atoms with E-state index in [1.807, 2.05) is 0 Å². The third-order valence-corrected chi connectivity index (χ3v) is 10.1. The van der Waals surface area contributed by atoms with Crippen molar-refractivity contribution in [3.05, 3.63) is 99.5 Å². The van der Waals surface area contributed by atoms with Gasteiger partial charge in [0.1, 0.15) is 24.2 Å². The maximum atomic E-state index is 14.5. The molecule has 46 heavy (non-hydrogen) atoms. The van der Waals surface area contributed by atoms with Crippen molar-refractivity contribution < 1.29 is 45.5 Å². The van der Waals surface area contributed by atoms with Crippen LogP contribution in [0.15, 0.2) is 71.6 Å². The van der Waals surface area contributed by atoms with Gasteiger partial charge < -0.3 is 14.4 Å². The van der Waals surface area contributed by atoms with Crippen molar-refractivity contribution >= 4 is 32.6 Å². The Hall–Kier alpha value is -4.50. The summed E-state index contributed by atoms with van der Waals surface area (Å²) in [6.07, 6.45) is -3.80. The first-order valence-electron chi connectivity index (χ1n) is 14.3. The molecule has 0 aliphatic heterocycles. The number of carboxylic acids is 1. The second kappa shape index (κ2) is 12.7. The van der Waals surface area contributed by atoms with Gasteiger partial charge in [-0.3, -0.25) is 10.1 Å². The lowest BCUT2D eigenvalue weighted by atomic mass is 9.91. The van der Waals surface area contributed by atoms with Gasteiger partial charge in [0.15, 0.2) is 0 Å². The van der Waals surface area contributed by atoms with E-state index in [4.69, 9.17) is 4.74 Å². The van der Waals surface area contributed by atoms with Crippen molar-refractivity contribution in [3.8, 4) is 5.75 Å². The zero-order valence-electron chi connectivity index (χ0n) is 24.4. The number of nitro benzene ring substituents is 1. The fourth-order valence-electron chi connectivity index (χ4n) is 6.01. The van der Waals surface area contributed by atoms with Crippen molar-refractivity contribution in [2.24, 2.45) is 0 Å². The predicted octanol–water partition coefficient (Wildman–Crippen LogP) is 6.37. The summed E-state index contributed by atoms with van der Waals surface area (Å²) in [5, 5.41) is 21.6. The van der Waals surface area contributed by atoms with Crippen LogP contribution in [0.2, 0.25) is 0 Å². The SMILES string of the molecule is CCC(C(=O)O)n1c2c(c3cc(F)ccc31)CC(N(CCOc1cccc(C(F)(F)F)c1)S(=O)(=O)c1ccc([N+](=O)[O-])cc1)CC2. The van der Waals surface area contributed by atoms with Gasteiger partial charge in [-0.1, -0.05) is 13.0 Å². The Labute approximate surface area is 261 Å². The minimum Gasteiger partial charge on any atom is -0.492 e. The predicted molar refractivity (Wildman–Crippen MR) is 159 cm³/mol. The summed E-state index contributed by atoms with van der Waals surface area (Å²) in [7, 11) is -4.34. The number of ether oxygens (including phenoxy) is 1. The average Bonchev–Trinajstić information content (AvgIpc) is 3.31. The van der Waals surface area contributed by atoms with E-state index in [2.05, 4.69) is 0 Å². The van der Waals surface area contributed by atoms with E-state index in [0.29, 0.717) is 22.2 Å². The zero-order valence-corrected chi connectivity index (χ0v) is 25.2. The van der Waals surface area contributed by atoms with Crippen LogP contribution in [0.5, 0.6) is 5.75 Å². The molecule has 244 valence electrons. The molecule has 1 aliphatic carbocycles. The molecule has 0 fully saturated rings. The number of non-ortho nitro benzene ring substituents is 1. The highest BCUT2D eigenvalue weighted by molar-refractivity contribution is 7.89. The van der Waals surface area contributed by atoms with Gasteiger partial charge in [-0.25, -0.2) is 17.6 Å². The Kier molecular flexibility index (Phi) is 9.09. The summed E-state index contributed by atoms with van der Waals surface area (Å²) >= 11 is 0. The molecule has 2 atom stereocenters. The Balaban J connectivity index is 1.52. The summed E-state index contributed by atoms with van der Waals surface area (Å²) < 4.78 is 90.5. The molecule has 0 saturated heterocycles. The third kappa shape index (κ3) is 6.42. The molecule has 1 aromatic heterocycles. The van der Waals surface area contributed by atoms with E-state index in [0.717, 1.165) is 40.7 Å². The summed E-state index contributed by atoms with van der Waals surface area (Å²) in [5.74, 6) is -1.74. The zero-order chi connectivity index (χ0) is 33.4. The van der Waals surface area contributed by atoms with Crippen LogP contribution in [0.25, 0.3) is 10.9 Å². The standard InChI is InChI=1S/C31H29F4N3O7S/c1-2-27(30(39)40)37-28-12-6-20(32)17-25(28)26-18-22(9-13-29(26)37)36(46(43,44)24-10-7-21(8-11-24)38(41)42)14-15-45-23-5-3-4-19(16-23)31(33,34)35/h3-8,10-12,16-17,22,27H,2,9,13-15,18H2,1H3,(H,39,40). The van der Waals surface area contributed by atoms with Crippen molar-refractivity contribution in [2.45, 2.75) is 55.8 Å². The molecule has 0 amide bonds. The molecule has 3 aromatic carbocycles. The molecule has 0 radical (unpaired) electrons. The molecule has 1 heterocycles. The third-order valence-electron chi connectivity index (χ3n) is 8.12. The van der Waals surface area contributed by atoms with Gasteiger partial charge in [0.05, 0.1) is 15.4 Å². The molecule has 0 spiro atoms. The number of fused-ring (bicyclic) bond motifs is 3. The summed E-state index contributed by atoms with van der Waals surface area (Å²) in [4.78, 5) is 22.4. The van der Waals surface area contributed by atoms with Gasteiger partial charge in [0.2, 0.25) is 10.0 Å². The van der Waals surface area contributed by atoms with Gasteiger partial charge in [-0.15, -0.1) is 0 Å². The highest BCUT2D eigenvalue weighted by atomic mass is 32.2. The highest BCUT2D eigenvalue weighted by Gasteiger charge is 2.37. The molecular formula is C31H29F4N3O7S. The monoisotopic (exact) mass is 663 g/mol. The largest absolute Gasteiger partial charge is 0.492 e. The van der Waals surface area contributed by atoms with Crippen LogP contribution in [0, 0.1) is 15.9 Å². The van der Waals surface area contributed by atoms with E-state index in [1.54, 1.807) is 11.5 Å². The number of hydrogen-bond donors (Lipinski definition) is 1. The Bertz CT molecular complexity index is 1890. The average molecular weight is 664 g/mol. The van der Waals surface area contributed by atoms with Crippen LogP contribution in [-0.4, -0.2) is 52.5 Å². The summed E-state index contributed by atoms with van der Waals surface area (Å²) in [6, 6.07) is 10.8. The molecule has 1 N–H and O–H groups in total. The Morgan fingerprint density at radius 1 is 1.15 bits per heavy atom. The lowest BCUT2D eigenvalue weighted by Gasteiger charge is -2.34. The second-order valence-electron chi connectivity index (χ2n) is 10.9. The Morgan fingerprint density at radius 2 is 1.87 bits per heavy atom. The number of alkyl halides is 3. The molecule has 15 heteroatoms. The number of sulfonamides is 1. The number of nitrogens with zero attached hydrogens (tertiary/aromatic N) is 3. The van der Waals surface area contributed by atoms with Crippen molar-refractivity contribution in [2.75, 3.05) is 13.2 Å². The number of carbonyl (C=O) groups is 1. The van der Waals surface area contributed by atoms with Crippen LogP contribution in [0.4, 0.5) is 23.2 Å². The topological polar surface area (TPSA) is 132 Å². The van der Waals surface area contributed by atoms with Crippen LogP contribution in [0.3, 0.4) is 0 Å². The number of hydrogen-bond acceptors (Lipinski definition) is 6. The minimum absolute atomic E-state index is 0.0775. The first-order valence-corrected chi connectivity index (χ1v) is 15.8. The van der Waals surface area contributed by atoms with Crippen LogP contribution >= 0.6 is 0 Å². The van der Waals surface area contributed by atoms with Crippen LogP contribution in [-0.2, 0) is 33.8 Å². The molecule has 2 unspecified atom stereocenters. The van der Waals surface area contributed by atoms with Gasteiger partial charge in [-0.05, 0) is 79.8 Å². The van der Waals surface area contributed by atoms with E-state index in [9.17, 15) is 46.0 Å². The van der Waals surface area contributed by atoms with Gasteiger partial charge in [0.25, 0.3) is 5.69 Å². The second-order valence-corrected chi connectivity index (χ2v) is 12.7. The quantitative estimate of drug-likeness (QED) is 0.112. The van der Waals surface area contributed by atoms with Crippen LogP contribution in [0.1, 0.15) is 42.6 Å². The smallest absolute Gasteiger partial charge is 0.416 e.